The van der Waals surface area contributed by atoms with E-state index < -0.39 is 0 Å². The Bertz CT molecular complexity index is 612. The van der Waals surface area contributed by atoms with Crippen molar-refractivity contribution in [3.05, 3.63) is 30.2 Å². The quantitative estimate of drug-likeness (QED) is 0.846. The van der Waals surface area contributed by atoms with E-state index >= 15 is 0 Å². The van der Waals surface area contributed by atoms with Crippen LogP contribution in [-0.2, 0) is 6.54 Å². The fourth-order valence-corrected chi connectivity index (χ4v) is 3.11. The zero-order valence-corrected chi connectivity index (χ0v) is 13.4. The predicted molar refractivity (Wildman–Crippen MR) is 86.0 cm³/mol. The average Bonchev–Trinajstić information content (AvgIpc) is 3.23. The second kappa shape index (κ2) is 7.57. The molecule has 2 heterocycles. The number of nitrogens with zero attached hydrogens (tertiary/aromatic N) is 3. The number of likely N-dealkylation sites (tertiary alicyclic amines) is 1. The standard InChI is InChI=1S/C17H23N3O3/c1-22-15-8-6-13(7-9-15)17-18-16(23-19-17)12-20-10-2-4-14(20)5-3-11-21/h6-9,14,21H,2-5,10-12H2,1H3. The number of aromatic nitrogens is 2. The van der Waals surface area contributed by atoms with Crippen LogP contribution in [0.5, 0.6) is 5.75 Å². The van der Waals surface area contributed by atoms with Crippen LogP contribution >= 0.6 is 0 Å². The third kappa shape index (κ3) is 3.89. The molecule has 1 unspecified atom stereocenters. The van der Waals surface area contributed by atoms with Crippen molar-refractivity contribution in [1.29, 1.82) is 0 Å². The lowest BCUT2D eigenvalue weighted by molar-refractivity contribution is 0.188. The zero-order valence-electron chi connectivity index (χ0n) is 13.4. The average molecular weight is 317 g/mol. The SMILES string of the molecule is COc1ccc(-c2noc(CN3CCCC3CCCO)n2)cc1. The van der Waals surface area contributed by atoms with Crippen molar-refractivity contribution in [3.8, 4) is 17.1 Å². The van der Waals surface area contributed by atoms with Crippen LogP contribution in [0.4, 0.5) is 0 Å². The maximum absolute atomic E-state index is 9.00. The van der Waals surface area contributed by atoms with Crippen molar-refractivity contribution in [2.45, 2.75) is 38.3 Å². The lowest BCUT2D eigenvalue weighted by Gasteiger charge is -2.22. The van der Waals surface area contributed by atoms with E-state index in [0.717, 1.165) is 30.7 Å². The van der Waals surface area contributed by atoms with Crippen LogP contribution in [0.15, 0.2) is 28.8 Å². The van der Waals surface area contributed by atoms with Gasteiger partial charge >= 0.3 is 0 Å². The minimum absolute atomic E-state index is 0.256. The van der Waals surface area contributed by atoms with E-state index in [4.69, 9.17) is 14.4 Å². The van der Waals surface area contributed by atoms with Crippen LogP contribution in [-0.4, -0.2) is 46.5 Å². The van der Waals surface area contributed by atoms with Crippen LogP contribution < -0.4 is 4.74 Å². The maximum atomic E-state index is 9.00. The summed E-state index contributed by atoms with van der Waals surface area (Å²) in [7, 11) is 1.64. The Labute approximate surface area is 136 Å². The summed E-state index contributed by atoms with van der Waals surface area (Å²) >= 11 is 0. The molecule has 0 aliphatic carbocycles. The van der Waals surface area contributed by atoms with Gasteiger partial charge in [-0.05, 0) is 56.5 Å². The Morgan fingerprint density at radius 1 is 1.35 bits per heavy atom. The molecule has 1 aromatic carbocycles. The van der Waals surface area contributed by atoms with Gasteiger partial charge in [0, 0.05) is 18.2 Å². The highest BCUT2D eigenvalue weighted by Gasteiger charge is 2.25. The topological polar surface area (TPSA) is 71.6 Å². The molecule has 1 saturated heterocycles. The van der Waals surface area contributed by atoms with Gasteiger partial charge in [0.1, 0.15) is 5.75 Å². The molecule has 3 rings (SSSR count). The Balaban J connectivity index is 1.64. The molecule has 1 aliphatic rings. The minimum Gasteiger partial charge on any atom is -0.497 e. The predicted octanol–water partition coefficient (Wildman–Crippen LogP) is 2.48. The first kappa shape index (κ1) is 16.0. The molecule has 124 valence electrons. The van der Waals surface area contributed by atoms with Gasteiger partial charge in [0.05, 0.1) is 13.7 Å². The van der Waals surface area contributed by atoms with E-state index in [1.807, 2.05) is 24.3 Å². The molecule has 1 fully saturated rings. The molecule has 0 spiro atoms. The van der Waals surface area contributed by atoms with E-state index in [9.17, 15) is 0 Å². The number of aliphatic hydroxyl groups is 1. The van der Waals surface area contributed by atoms with Crippen molar-refractivity contribution in [2.75, 3.05) is 20.3 Å². The monoisotopic (exact) mass is 317 g/mol. The summed E-state index contributed by atoms with van der Waals surface area (Å²) in [5.41, 5.74) is 0.916. The van der Waals surface area contributed by atoms with E-state index in [0.29, 0.717) is 24.3 Å². The van der Waals surface area contributed by atoms with Gasteiger partial charge in [-0.25, -0.2) is 0 Å². The molecule has 23 heavy (non-hydrogen) atoms. The summed E-state index contributed by atoms with van der Waals surface area (Å²) in [6.07, 6.45) is 4.24. The Hall–Kier alpha value is -1.92. The van der Waals surface area contributed by atoms with Gasteiger partial charge in [-0.1, -0.05) is 5.16 Å². The Morgan fingerprint density at radius 2 is 2.17 bits per heavy atom. The lowest BCUT2D eigenvalue weighted by Crippen LogP contribution is -2.29. The highest BCUT2D eigenvalue weighted by molar-refractivity contribution is 5.55. The molecular formula is C17H23N3O3. The number of benzene rings is 1. The van der Waals surface area contributed by atoms with Crippen LogP contribution in [0.1, 0.15) is 31.6 Å². The van der Waals surface area contributed by atoms with Crippen molar-refractivity contribution >= 4 is 0 Å². The minimum atomic E-state index is 0.256. The van der Waals surface area contributed by atoms with Crippen LogP contribution in [0, 0.1) is 0 Å². The van der Waals surface area contributed by atoms with Crippen molar-refractivity contribution < 1.29 is 14.4 Å². The third-order valence-electron chi connectivity index (χ3n) is 4.35. The van der Waals surface area contributed by atoms with Gasteiger partial charge in [0.2, 0.25) is 11.7 Å². The van der Waals surface area contributed by atoms with Crippen molar-refractivity contribution in [3.63, 3.8) is 0 Å². The van der Waals surface area contributed by atoms with Gasteiger partial charge in [0.15, 0.2) is 0 Å². The smallest absolute Gasteiger partial charge is 0.241 e. The molecule has 1 aliphatic heterocycles. The fourth-order valence-electron chi connectivity index (χ4n) is 3.11. The van der Waals surface area contributed by atoms with Crippen LogP contribution in [0.25, 0.3) is 11.4 Å². The van der Waals surface area contributed by atoms with Crippen molar-refractivity contribution in [1.82, 2.24) is 15.0 Å². The van der Waals surface area contributed by atoms with E-state index in [2.05, 4.69) is 15.0 Å². The van der Waals surface area contributed by atoms with Gasteiger partial charge in [-0.15, -0.1) is 0 Å². The number of methoxy groups -OCH3 is 1. The van der Waals surface area contributed by atoms with E-state index in [-0.39, 0.29) is 6.61 Å². The molecule has 0 bridgehead atoms. The molecule has 0 amide bonds. The highest BCUT2D eigenvalue weighted by Crippen LogP contribution is 2.24. The van der Waals surface area contributed by atoms with Crippen molar-refractivity contribution in [2.24, 2.45) is 0 Å². The highest BCUT2D eigenvalue weighted by atomic mass is 16.5. The first-order valence-electron chi connectivity index (χ1n) is 8.12. The molecule has 0 radical (unpaired) electrons. The molecule has 1 N–H and O–H groups in total. The van der Waals surface area contributed by atoms with Gasteiger partial charge in [-0.2, -0.15) is 4.98 Å². The summed E-state index contributed by atoms with van der Waals surface area (Å²) in [6, 6.07) is 8.13. The number of hydrogen-bond donors (Lipinski definition) is 1. The Kier molecular flexibility index (Phi) is 5.25. The third-order valence-corrected chi connectivity index (χ3v) is 4.35. The normalized spacial score (nSPS) is 18.4. The molecule has 6 heteroatoms. The summed E-state index contributed by atoms with van der Waals surface area (Å²) < 4.78 is 10.6. The molecule has 1 aromatic heterocycles. The fraction of sp³-hybridized carbons (Fsp3) is 0.529. The summed E-state index contributed by atoms with van der Waals surface area (Å²) in [5, 5.41) is 13.1. The molecular weight excluding hydrogens is 294 g/mol. The summed E-state index contributed by atoms with van der Waals surface area (Å²) in [6.45, 7) is 1.99. The van der Waals surface area contributed by atoms with Crippen LogP contribution in [0.3, 0.4) is 0 Å². The summed E-state index contributed by atoms with van der Waals surface area (Å²) in [5.74, 6) is 2.06. The lowest BCUT2D eigenvalue weighted by atomic mass is 10.1. The van der Waals surface area contributed by atoms with Gasteiger partial charge in [0.25, 0.3) is 0 Å². The van der Waals surface area contributed by atoms with Gasteiger partial charge in [-0.3, -0.25) is 4.90 Å². The second-order valence-corrected chi connectivity index (χ2v) is 5.87. The number of aliphatic hydroxyl groups excluding tert-OH is 1. The molecule has 0 saturated carbocycles. The first-order chi connectivity index (χ1) is 11.3. The van der Waals surface area contributed by atoms with Crippen LogP contribution in [0.2, 0.25) is 0 Å². The first-order valence-corrected chi connectivity index (χ1v) is 8.12. The molecule has 2 aromatic rings. The summed E-state index contributed by atoms with van der Waals surface area (Å²) in [4.78, 5) is 6.88. The van der Waals surface area contributed by atoms with E-state index in [1.165, 1.54) is 12.8 Å². The number of rotatable bonds is 7. The Morgan fingerprint density at radius 3 is 2.91 bits per heavy atom. The molecule has 1 atom stereocenters. The molecule has 6 nitrogen and oxygen atoms in total. The maximum Gasteiger partial charge on any atom is 0.241 e. The van der Waals surface area contributed by atoms with Gasteiger partial charge < -0.3 is 14.4 Å². The number of ether oxygens (including phenoxy) is 1. The van der Waals surface area contributed by atoms with E-state index in [1.54, 1.807) is 7.11 Å². The zero-order chi connectivity index (χ0) is 16.1. The second-order valence-electron chi connectivity index (χ2n) is 5.87. The number of hydrogen-bond acceptors (Lipinski definition) is 6. The largest absolute Gasteiger partial charge is 0.497 e.